The van der Waals surface area contributed by atoms with Crippen molar-refractivity contribution in [2.24, 2.45) is 5.92 Å². The molecule has 2 nitrogen and oxygen atoms in total. The molecule has 1 aromatic rings. The summed E-state index contributed by atoms with van der Waals surface area (Å²) >= 11 is 3.40. The van der Waals surface area contributed by atoms with Crippen molar-refractivity contribution in [2.45, 2.75) is 25.7 Å². The first kappa shape index (κ1) is 10.9. The number of anilines is 1. The Morgan fingerprint density at radius 2 is 2.13 bits per heavy atom. The highest BCUT2D eigenvalue weighted by molar-refractivity contribution is 9.10. The number of rotatable bonds is 3. The van der Waals surface area contributed by atoms with Gasteiger partial charge in [-0.25, -0.2) is 4.98 Å². The Hall–Kier alpha value is -0.570. The lowest BCUT2D eigenvalue weighted by Gasteiger charge is -2.21. The van der Waals surface area contributed by atoms with Crippen molar-refractivity contribution < 1.29 is 0 Å². The van der Waals surface area contributed by atoms with E-state index in [4.69, 9.17) is 0 Å². The van der Waals surface area contributed by atoms with Gasteiger partial charge in [0.25, 0.3) is 0 Å². The van der Waals surface area contributed by atoms with Gasteiger partial charge >= 0.3 is 0 Å². The first-order valence-electron chi connectivity index (χ1n) is 5.58. The van der Waals surface area contributed by atoms with Gasteiger partial charge in [-0.05, 0) is 46.8 Å². The van der Waals surface area contributed by atoms with E-state index in [0.29, 0.717) is 0 Å². The van der Waals surface area contributed by atoms with Crippen LogP contribution in [0.15, 0.2) is 22.8 Å². The summed E-state index contributed by atoms with van der Waals surface area (Å²) in [5.74, 6) is 1.95. The van der Waals surface area contributed by atoms with Crippen LogP contribution in [0.4, 0.5) is 5.82 Å². The van der Waals surface area contributed by atoms with Crippen LogP contribution in [0.25, 0.3) is 0 Å². The summed E-state index contributed by atoms with van der Waals surface area (Å²) in [6.07, 6.45) is 7.46. The minimum Gasteiger partial charge on any atom is -0.359 e. The molecule has 0 atom stereocenters. The zero-order valence-corrected chi connectivity index (χ0v) is 10.7. The van der Waals surface area contributed by atoms with Crippen LogP contribution in [0.3, 0.4) is 0 Å². The van der Waals surface area contributed by atoms with Crippen LogP contribution in [0.5, 0.6) is 0 Å². The zero-order valence-electron chi connectivity index (χ0n) is 9.12. The van der Waals surface area contributed by atoms with Crippen LogP contribution >= 0.6 is 15.9 Å². The Kier molecular flexibility index (Phi) is 3.62. The maximum atomic E-state index is 4.40. The average Bonchev–Trinajstić information content (AvgIpc) is 2.71. The molecule has 0 aromatic carbocycles. The Morgan fingerprint density at radius 3 is 2.73 bits per heavy atom. The van der Waals surface area contributed by atoms with Crippen LogP contribution < -0.4 is 4.90 Å². The Morgan fingerprint density at radius 1 is 1.40 bits per heavy atom. The number of hydrogen-bond acceptors (Lipinski definition) is 2. The largest absolute Gasteiger partial charge is 0.359 e. The van der Waals surface area contributed by atoms with Gasteiger partial charge < -0.3 is 4.90 Å². The van der Waals surface area contributed by atoms with E-state index in [1.165, 1.54) is 25.7 Å². The van der Waals surface area contributed by atoms with Crippen LogP contribution in [-0.2, 0) is 0 Å². The molecule has 0 spiro atoms. The molecule has 0 saturated heterocycles. The third-order valence-corrected chi connectivity index (χ3v) is 3.58. The molecule has 0 N–H and O–H groups in total. The summed E-state index contributed by atoms with van der Waals surface area (Å²) in [6.45, 7) is 1.15. The lowest BCUT2D eigenvalue weighted by atomic mass is 10.1. The van der Waals surface area contributed by atoms with Gasteiger partial charge in [-0.3, -0.25) is 0 Å². The molecule has 1 heterocycles. The number of hydrogen-bond donors (Lipinski definition) is 0. The van der Waals surface area contributed by atoms with E-state index in [2.05, 4.69) is 38.9 Å². The topological polar surface area (TPSA) is 16.1 Å². The molecule has 15 heavy (non-hydrogen) atoms. The van der Waals surface area contributed by atoms with E-state index in [9.17, 15) is 0 Å². The average molecular weight is 269 g/mol. The first-order chi connectivity index (χ1) is 7.25. The second kappa shape index (κ2) is 4.97. The highest BCUT2D eigenvalue weighted by Gasteiger charge is 2.17. The molecule has 0 aliphatic heterocycles. The van der Waals surface area contributed by atoms with Crippen molar-refractivity contribution in [3.05, 3.63) is 22.8 Å². The van der Waals surface area contributed by atoms with Gasteiger partial charge in [-0.15, -0.1) is 0 Å². The summed E-state index contributed by atoms with van der Waals surface area (Å²) in [4.78, 5) is 6.67. The van der Waals surface area contributed by atoms with E-state index in [0.717, 1.165) is 22.8 Å². The number of nitrogens with zero attached hydrogens (tertiary/aromatic N) is 2. The molecule has 0 bridgehead atoms. The Labute approximate surface area is 99.8 Å². The van der Waals surface area contributed by atoms with Crippen LogP contribution in [-0.4, -0.2) is 18.6 Å². The number of halogens is 1. The summed E-state index contributed by atoms with van der Waals surface area (Å²) in [7, 11) is 2.13. The summed E-state index contributed by atoms with van der Waals surface area (Å²) < 4.78 is 1.04. The summed E-state index contributed by atoms with van der Waals surface area (Å²) in [5.41, 5.74) is 0. The highest BCUT2D eigenvalue weighted by atomic mass is 79.9. The Balaban J connectivity index is 1.94. The lowest BCUT2D eigenvalue weighted by molar-refractivity contribution is 0.545. The predicted octanol–water partition coefficient (Wildman–Crippen LogP) is 3.47. The fraction of sp³-hybridized carbons (Fsp3) is 0.583. The lowest BCUT2D eigenvalue weighted by Crippen LogP contribution is -2.24. The SMILES string of the molecule is CN(CC1CCCC1)c1ccc(Br)cn1. The minimum absolute atomic E-state index is 0.875. The molecule has 2 rings (SSSR count). The normalized spacial score (nSPS) is 16.9. The second-order valence-electron chi connectivity index (χ2n) is 4.37. The molecular formula is C12H17BrN2. The maximum absolute atomic E-state index is 4.40. The van der Waals surface area contributed by atoms with E-state index in [1.807, 2.05) is 12.3 Å². The first-order valence-corrected chi connectivity index (χ1v) is 6.37. The van der Waals surface area contributed by atoms with E-state index < -0.39 is 0 Å². The highest BCUT2D eigenvalue weighted by Crippen LogP contribution is 2.26. The number of aromatic nitrogens is 1. The van der Waals surface area contributed by atoms with Crippen molar-refractivity contribution in [1.29, 1.82) is 0 Å². The molecule has 1 aromatic heterocycles. The van der Waals surface area contributed by atoms with E-state index >= 15 is 0 Å². The molecule has 3 heteroatoms. The summed E-state index contributed by atoms with van der Waals surface area (Å²) in [5, 5.41) is 0. The smallest absolute Gasteiger partial charge is 0.128 e. The molecule has 0 radical (unpaired) electrons. The third kappa shape index (κ3) is 2.94. The van der Waals surface area contributed by atoms with Crippen LogP contribution in [0, 0.1) is 5.92 Å². The molecule has 0 unspecified atom stereocenters. The third-order valence-electron chi connectivity index (χ3n) is 3.11. The van der Waals surface area contributed by atoms with Crippen LogP contribution in [0.2, 0.25) is 0 Å². The van der Waals surface area contributed by atoms with Gasteiger partial charge in [0.05, 0.1) is 0 Å². The zero-order chi connectivity index (χ0) is 10.7. The summed E-state index contributed by atoms with van der Waals surface area (Å²) in [6, 6.07) is 4.12. The minimum atomic E-state index is 0.875. The Bertz CT molecular complexity index is 304. The van der Waals surface area contributed by atoms with Gasteiger partial charge in [0, 0.05) is 24.3 Å². The van der Waals surface area contributed by atoms with E-state index in [-0.39, 0.29) is 0 Å². The number of pyridine rings is 1. The predicted molar refractivity (Wildman–Crippen MR) is 67.2 cm³/mol. The molecule has 1 aliphatic carbocycles. The van der Waals surface area contributed by atoms with E-state index in [1.54, 1.807) is 0 Å². The fourth-order valence-corrected chi connectivity index (χ4v) is 2.50. The van der Waals surface area contributed by atoms with Crippen molar-refractivity contribution in [2.75, 3.05) is 18.5 Å². The molecule has 0 amide bonds. The fourth-order valence-electron chi connectivity index (χ4n) is 2.27. The standard InChI is InChI=1S/C12H17BrN2/c1-15(9-10-4-2-3-5-10)12-7-6-11(13)8-14-12/h6-8,10H,2-5,9H2,1H3. The van der Waals surface area contributed by atoms with Gasteiger partial charge in [0.2, 0.25) is 0 Å². The van der Waals surface area contributed by atoms with Crippen molar-refractivity contribution in [3.63, 3.8) is 0 Å². The quantitative estimate of drug-likeness (QED) is 0.835. The maximum Gasteiger partial charge on any atom is 0.128 e. The van der Waals surface area contributed by atoms with Gasteiger partial charge in [-0.2, -0.15) is 0 Å². The van der Waals surface area contributed by atoms with Gasteiger partial charge in [0.15, 0.2) is 0 Å². The van der Waals surface area contributed by atoms with Crippen LogP contribution in [0.1, 0.15) is 25.7 Å². The molecule has 1 saturated carbocycles. The van der Waals surface area contributed by atoms with Crippen molar-refractivity contribution >= 4 is 21.7 Å². The van der Waals surface area contributed by atoms with Crippen molar-refractivity contribution in [1.82, 2.24) is 4.98 Å². The molecule has 82 valence electrons. The van der Waals surface area contributed by atoms with Crippen molar-refractivity contribution in [3.8, 4) is 0 Å². The van der Waals surface area contributed by atoms with Gasteiger partial charge in [0.1, 0.15) is 5.82 Å². The molecule has 1 aliphatic rings. The molecular weight excluding hydrogens is 252 g/mol. The second-order valence-corrected chi connectivity index (χ2v) is 5.28. The monoisotopic (exact) mass is 268 g/mol. The molecule has 1 fully saturated rings. The van der Waals surface area contributed by atoms with Gasteiger partial charge in [-0.1, -0.05) is 12.8 Å².